The van der Waals surface area contributed by atoms with Crippen molar-refractivity contribution in [2.75, 3.05) is 0 Å². The van der Waals surface area contributed by atoms with Crippen molar-refractivity contribution in [3.63, 3.8) is 0 Å². The van der Waals surface area contributed by atoms with Gasteiger partial charge >= 0.3 is 71.1 Å². The van der Waals surface area contributed by atoms with Gasteiger partial charge in [0.2, 0.25) is 0 Å². The molecule has 0 saturated carbocycles. The summed E-state index contributed by atoms with van der Waals surface area (Å²) in [5.41, 5.74) is 1.38. The van der Waals surface area contributed by atoms with Crippen LogP contribution >= 0.6 is 0 Å². The summed E-state index contributed by atoms with van der Waals surface area (Å²) in [4.78, 5) is 23.0. The van der Waals surface area contributed by atoms with Crippen LogP contribution in [0.2, 0.25) is 0 Å². The zero-order chi connectivity index (χ0) is 15.9. The summed E-state index contributed by atoms with van der Waals surface area (Å²) in [6.07, 6.45) is 0.176. The molecule has 0 aliphatic heterocycles. The van der Waals surface area contributed by atoms with Gasteiger partial charge in [0.05, 0.1) is 11.1 Å². The summed E-state index contributed by atoms with van der Waals surface area (Å²) in [5.74, 6) is -2.39. The van der Waals surface area contributed by atoms with Crippen LogP contribution in [0.25, 0.3) is 0 Å². The predicted molar refractivity (Wildman–Crippen MR) is 96.9 cm³/mol. The van der Waals surface area contributed by atoms with Crippen molar-refractivity contribution in [3.05, 3.63) is 82.9 Å². The maximum atomic E-state index is 11.5. The van der Waals surface area contributed by atoms with Crippen molar-refractivity contribution >= 4 is 71.1 Å². The third-order valence-corrected chi connectivity index (χ3v) is 3.33. The van der Waals surface area contributed by atoms with Crippen molar-refractivity contribution in [2.45, 2.75) is 12.8 Å². The van der Waals surface area contributed by atoms with E-state index in [-0.39, 0.29) is 83.1 Å². The molecule has 0 saturated heterocycles. The summed E-state index contributed by atoms with van der Waals surface area (Å²) in [6.45, 7) is 0. The van der Waals surface area contributed by atoms with Crippen molar-refractivity contribution in [1.82, 2.24) is 0 Å². The minimum absolute atomic E-state index is 0. The number of aliphatic carboxylic acids is 2. The average molecular weight is 344 g/mol. The Morgan fingerprint density at radius 1 is 0.625 bits per heavy atom. The number of rotatable bonds is 6. The average Bonchev–Trinajstić information content (AvgIpc) is 2.52. The fraction of sp³-hybridized carbons (Fsp3) is 0.111. The van der Waals surface area contributed by atoms with Gasteiger partial charge in [-0.25, -0.2) is 9.59 Å². The van der Waals surface area contributed by atoms with Crippen LogP contribution in [0.5, 0.6) is 0 Å². The number of hydrogen-bond acceptors (Lipinski definition) is 2. The van der Waals surface area contributed by atoms with Crippen LogP contribution in [0.1, 0.15) is 11.1 Å². The van der Waals surface area contributed by atoms with Crippen molar-refractivity contribution in [3.8, 4) is 0 Å². The SMILES string of the molecule is O=C(O)/C(Cc1ccccc1)=C(/Cc1ccccc1)C(=O)O.[NaH].[NaH]. The molecule has 2 rings (SSSR count). The van der Waals surface area contributed by atoms with Gasteiger partial charge in [0.15, 0.2) is 0 Å². The van der Waals surface area contributed by atoms with Crippen LogP contribution < -0.4 is 0 Å². The van der Waals surface area contributed by atoms with Gasteiger partial charge in [0.1, 0.15) is 0 Å². The third kappa shape index (κ3) is 6.93. The first-order chi connectivity index (χ1) is 10.6. The summed E-state index contributed by atoms with van der Waals surface area (Å²) in [6, 6.07) is 18.0. The van der Waals surface area contributed by atoms with Crippen molar-refractivity contribution in [2.24, 2.45) is 0 Å². The zero-order valence-electron chi connectivity index (χ0n) is 11.9. The molecule has 116 valence electrons. The molecule has 0 amide bonds. The van der Waals surface area contributed by atoms with E-state index in [1.54, 1.807) is 48.5 Å². The van der Waals surface area contributed by atoms with E-state index in [1.165, 1.54) is 0 Å². The van der Waals surface area contributed by atoms with Crippen LogP contribution in [0.15, 0.2) is 71.8 Å². The van der Waals surface area contributed by atoms with Crippen molar-refractivity contribution < 1.29 is 19.8 Å². The van der Waals surface area contributed by atoms with E-state index in [0.717, 1.165) is 11.1 Å². The molecule has 0 heterocycles. The van der Waals surface area contributed by atoms with Crippen LogP contribution in [-0.4, -0.2) is 81.3 Å². The first-order valence-corrected chi connectivity index (χ1v) is 6.84. The van der Waals surface area contributed by atoms with E-state index in [2.05, 4.69) is 0 Å². The summed E-state index contributed by atoms with van der Waals surface area (Å²) in [5, 5.41) is 18.8. The molecule has 0 aliphatic rings. The molecule has 2 aromatic rings. The predicted octanol–water partition coefficient (Wildman–Crippen LogP) is 1.64. The third-order valence-electron chi connectivity index (χ3n) is 3.33. The topological polar surface area (TPSA) is 74.6 Å². The van der Waals surface area contributed by atoms with E-state index in [1.807, 2.05) is 12.1 Å². The molecule has 4 nitrogen and oxygen atoms in total. The van der Waals surface area contributed by atoms with E-state index in [0.29, 0.717) is 0 Å². The normalized spacial score (nSPS) is 10.7. The second-order valence-electron chi connectivity index (χ2n) is 4.89. The van der Waals surface area contributed by atoms with Gasteiger partial charge in [-0.05, 0) is 11.1 Å². The molecule has 24 heavy (non-hydrogen) atoms. The molecule has 2 aromatic carbocycles. The van der Waals surface area contributed by atoms with Crippen LogP contribution in [0.4, 0.5) is 0 Å². The number of carboxylic acid groups (broad SMARTS) is 2. The molecular formula is C18H18Na2O4. The first-order valence-electron chi connectivity index (χ1n) is 6.84. The van der Waals surface area contributed by atoms with Gasteiger partial charge < -0.3 is 10.2 Å². The Balaban J connectivity index is 0.00000264. The molecule has 0 bridgehead atoms. The van der Waals surface area contributed by atoms with Gasteiger partial charge in [-0.3, -0.25) is 0 Å². The van der Waals surface area contributed by atoms with Crippen LogP contribution in [0, 0.1) is 0 Å². The Morgan fingerprint density at radius 3 is 1.17 bits per heavy atom. The fourth-order valence-electron chi connectivity index (χ4n) is 2.22. The summed E-state index contributed by atoms with van der Waals surface area (Å²) < 4.78 is 0. The van der Waals surface area contributed by atoms with Crippen LogP contribution in [0.3, 0.4) is 0 Å². The van der Waals surface area contributed by atoms with Gasteiger partial charge in [0, 0.05) is 12.8 Å². The maximum absolute atomic E-state index is 11.5. The molecule has 0 atom stereocenters. The molecule has 0 unspecified atom stereocenters. The van der Waals surface area contributed by atoms with E-state index in [4.69, 9.17) is 0 Å². The van der Waals surface area contributed by atoms with E-state index in [9.17, 15) is 19.8 Å². The van der Waals surface area contributed by atoms with Crippen LogP contribution in [-0.2, 0) is 22.4 Å². The monoisotopic (exact) mass is 344 g/mol. The van der Waals surface area contributed by atoms with Gasteiger partial charge in [-0.2, -0.15) is 0 Å². The van der Waals surface area contributed by atoms with E-state index >= 15 is 0 Å². The Labute approximate surface area is 185 Å². The van der Waals surface area contributed by atoms with Gasteiger partial charge in [0.25, 0.3) is 0 Å². The molecule has 0 aliphatic carbocycles. The molecule has 0 fully saturated rings. The number of carboxylic acids is 2. The summed E-state index contributed by atoms with van der Waals surface area (Å²) >= 11 is 0. The number of carbonyl (C=O) groups is 2. The molecule has 6 heteroatoms. The summed E-state index contributed by atoms with van der Waals surface area (Å²) in [7, 11) is 0. The molecular weight excluding hydrogens is 326 g/mol. The second kappa shape index (κ2) is 11.6. The Morgan fingerprint density at radius 2 is 0.917 bits per heavy atom. The fourth-order valence-corrected chi connectivity index (χ4v) is 2.22. The molecule has 0 radical (unpaired) electrons. The first kappa shape index (κ1) is 23.1. The minimum atomic E-state index is -1.20. The standard InChI is InChI=1S/C18H16O4.2Na.2H/c19-17(20)15(11-13-7-3-1-4-8-13)16(18(21)22)12-14-9-5-2-6-10-14;;;;/h1-10H,11-12H2,(H,19,20)(H,21,22);;;;/b16-15-;;;;. The van der Waals surface area contributed by atoms with E-state index < -0.39 is 11.9 Å². The molecule has 0 aromatic heterocycles. The van der Waals surface area contributed by atoms with Gasteiger partial charge in [-0.1, -0.05) is 60.7 Å². The zero-order valence-corrected chi connectivity index (χ0v) is 11.9. The molecule has 0 spiro atoms. The Hall–Kier alpha value is -0.880. The van der Waals surface area contributed by atoms with Gasteiger partial charge in [-0.15, -0.1) is 0 Å². The quantitative estimate of drug-likeness (QED) is 0.617. The Bertz CT molecular complexity index is 636. The Kier molecular flexibility index (Phi) is 11.2. The number of benzene rings is 2. The molecule has 2 N–H and O–H groups in total. The number of hydrogen-bond donors (Lipinski definition) is 2. The van der Waals surface area contributed by atoms with Crippen molar-refractivity contribution in [1.29, 1.82) is 0 Å². The second-order valence-corrected chi connectivity index (χ2v) is 4.89.